The van der Waals surface area contributed by atoms with Gasteiger partial charge in [0.1, 0.15) is 23.9 Å². The van der Waals surface area contributed by atoms with E-state index in [9.17, 15) is 4.79 Å². The number of nitrogens with one attached hydrogen (secondary N) is 1. The minimum Gasteiger partial charge on any atom is -0.497 e. The summed E-state index contributed by atoms with van der Waals surface area (Å²) in [6.07, 6.45) is 5.55. The third-order valence-corrected chi connectivity index (χ3v) is 4.25. The number of carbonyl (C=O) groups excluding carboxylic acids is 1. The van der Waals surface area contributed by atoms with Gasteiger partial charge in [-0.2, -0.15) is 0 Å². The minimum atomic E-state index is -0.618. The third-order valence-electron chi connectivity index (χ3n) is 4.25. The molecule has 2 N–H and O–H groups in total. The molecule has 0 radical (unpaired) electrons. The fourth-order valence-electron chi connectivity index (χ4n) is 2.70. The van der Waals surface area contributed by atoms with E-state index in [0.717, 1.165) is 16.9 Å². The summed E-state index contributed by atoms with van der Waals surface area (Å²) in [7, 11) is 3.24. The quantitative estimate of drug-likeness (QED) is 0.285. The van der Waals surface area contributed by atoms with E-state index < -0.39 is 5.91 Å². The number of hydrogen-bond acceptors (Lipinski definition) is 5. The van der Waals surface area contributed by atoms with Gasteiger partial charge in [0, 0.05) is 17.2 Å². The second kappa shape index (κ2) is 10.9. The molecule has 0 aliphatic rings. The number of hydrogen-bond donors (Lipinski definition) is 2. The Hall–Kier alpha value is -3.25. The lowest BCUT2D eigenvalue weighted by atomic mass is 10.0. The molecule has 0 saturated heterocycles. The van der Waals surface area contributed by atoms with E-state index in [0.29, 0.717) is 30.1 Å². The molecule has 1 amide bonds. The number of hydroxylamine groups is 1. The Balaban J connectivity index is 2.42. The molecule has 0 aliphatic heterocycles. The first-order chi connectivity index (χ1) is 14.0. The van der Waals surface area contributed by atoms with Crippen LogP contribution in [0.25, 0.3) is 6.08 Å². The lowest BCUT2D eigenvalue weighted by Crippen LogP contribution is -2.14. The molecule has 2 rings (SSSR count). The number of carbonyl (C=O) groups is 1. The second-order valence-electron chi connectivity index (χ2n) is 6.60. The number of allylic oxidation sites excluding steroid dienone is 2. The van der Waals surface area contributed by atoms with Crippen LogP contribution in [0.4, 0.5) is 0 Å². The van der Waals surface area contributed by atoms with E-state index in [1.165, 1.54) is 11.6 Å². The summed E-state index contributed by atoms with van der Waals surface area (Å²) in [4.78, 5) is 11.4. The molecule has 0 heterocycles. The zero-order chi connectivity index (χ0) is 21.2. The van der Waals surface area contributed by atoms with Crippen molar-refractivity contribution in [1.29, 1.82) is 0 Å². The van der Waals surface area contributed by atoms with Gasteiger partial charge < -0.3 is 14.2 Å². The summed E-state index contributed by atoms with van der Waals surface area (Å²) in [5, 5.41) is 8.74. The van der Waals surface area contributed by atoms with Crippen molar-refractivity contribution >= 4 is 12.0 Å². The van der Waals surface area contributed by atoms with E-state index in [-0.39, 0.29) is 0 Å². The Morgan fingerprint density at radius 2 is 1.79 bits per heavy atom. The van der Waals surface area contributed by atoms with Gasteiger partial charge in [-0.1, -0.05) is 23.8 Å². The topological polar surface area (TPSA) is 77.0 Å². The Labute approximate surface area is 171 Å². The molecule has 0 aliphatic carbocycles. The third kappa shape index (κ3) is 6.40. The van der Waals surface area contributed by atoms with Crippen molar-refractivity contribution < 1.29 is 24.2 Å². The van der Waals surface area contributed by atoms with Crippen LogP contribution in [0.5, 0.6) is 17.2 Å². The van der Waals surface area contributed by atoms with Gasteiger partial charge >= 0.3 is 0 Å². The van der Waals surface area contributed by atoms with E-state index in [1.54, 1.807) is 25.8 Å². The van der Waals surface area contributed by atoms with Crippen molar-refractivity contribution in [1.82, 2.24) is 5.48 Å². The highest BCUT2D eigenvalue weighted by Crippen LogP contribution is 2.35. The minimum absolute atomic E-state index is 0.339. The van der Waals surface area contributed by atoms with Gasteiger partial charge in [-0.25, -0.2) is 5.48 Å². The summed E-state index contributed by atoms with van der Waals surface area (Å²) in [5.74, 6) is 1.49. The number of rotatable bonds is 9. The van der Waals surface area contributed by atoms with Crippen molar-refractivity contribution in [3.05, 3.63) is 70.8 Å². The molecular weight excluding hydrogens is 370 g/mol. The first kappa shape index (κ1) is 22.0. The van der Waals surface area contributed by atoms with Crippen LogP contribution in [0.15, 0.2) is 54.1 Å². The Kier molecular flexibility index (Phi) is 8.30. The van der Waals surface area contributed by atoms with Crippen LogP contribution in [0, 0.1) is 0 Å². The molecule has 29 heavy (non-hydrogen) atoms. The second-order valence-corrected chi connectivity index (χ2v) is 6.60. The fraction of sp³-hybridized carbons (Fsp3) is 0.261. The molecule has 0 unspecified atom stereocenters. The standard InChI is InChI=1S/C23H27NO5/c1-16(2)5-12-20-21(28-4)13-8-18(9-14-22(25)24-26)23(20)29-15-17-6-10-19(27-3)11-7-17/h5-11,13-14,26H,12,15H2,1-4H3,(H,24,25)/b14-9+. The van der Waals surface area contributed by atoms with Crippen molar-refractivity contribution in [2.45, 2.75) is 26.9 Å². The van der Waals surface area contributed by atoms with Crippen molar-refractivity contribution in [2.75, 3.05) is 14.2 Å². The van der Waals surface area contributed by atoms with Crippen LogP contribution in [0.3, 0.4) is 0 Å². The Morgan fingerprint density at radius 3 is 2.38 bits per heavy atom. The van der Waals surface area contributed by atoms with E-state index in [4.69, 9.17) is 19.4 Å². The molecule has 0 atom stereocenters. The van der Waals surface area contributed by atoms with Gasteiger partial charge in [0.2, 0.25) is 0 Å². The molecule has 6 heteroatoms. The summed E-state index contributed by atoms with van der Waals surface area (Å²) in [6.45, 7) is 4.39. The number of benzene rings is 2. The summed E-state index contributed by atoms with van der Waals surface area (Å²) in [5.41, 5.74) is 5.33. The highest BCUT2D eigenvalue weighted by Gasteiger charge is 2.14. The van der Waals surface area contributed by atoms with Gasteiger partial charge in [-0.15, -0.1) is 0 Å². The molecule has 0 bridgehead atoms. The fourth-order valence-corrected chi connectivity index (χ4v) is 2.70. The smallest absolute Gasteiger partial charge is 0.267 e. The van der Waals surface area contributed by atoms with Crippen molar-refractivity contribution in [2.24, 2.45) is 0 Å². The highest BCUT2D eigenvalue weighted by atomic mass is 16.5. The van der Waals surface area contributed by atoms with E-state index >= 15 is 0 Å². The van der Waals surface area contributed by atoms with Gasteiger partial charge in [0.05, 0.1) is 14.2 Å². The molecule has 0 aromatic heterocycles. The van der Waals surface area contributed by atoms with Crippen LogP contribution in [0.1, 0.15) is 30.5 Å². The maximum atomic E-state index is 11.4. The van der Waals surface area contributed by atoms with E-state index in [2.05, 4.69) is 6.08 Å². The van der Waals surface area contributed by atoms with Crippen molar-refractivity contribution in [3.8, 4) is 17.2 Å². The van der Waals surface area contributed by atoms with Crippen LogP contribution in [0.2, 0.25) is 0 Å². The Bertz CT molecular complexity index is 881. The predicted molar refractivity (Wildman–Crippen MR) is 112 cm³/mol. The van der Waals surface area contributed by atoms with Gasteiger partial charge in [0.25, 0.3) is 5.91 Å². The molecule has 154 valence electrons. The van der Waals surface area contributed by atoms with Gasteiger partial charge in [-0.05, 0) is 56.2 Å². The number of amides is 1. The Morgan fingerprint density at radius 1 is 1.07 bits per heavy atom. The average molecular weight is 397 g/mol. The zero-order valence-corrected chi connectivity index (χ0v) is 17.2. The summed E-state index contributed by atoms with van der Waals surface area (Å²) in [6, 6.07) is 11.3. The first-order valence-corrected chi connectivity index (χ1v) is 9.19. The molecular formula is C23H27NO5. The first-order valence-electron chi connectivity index (χ1n) is 9.19. The highest BCUT2D eigenvalue weighted by molar-refractivity contribution is 5.91. The maximum Gasteiger partial charge on any atom is 0.267 e. The lowest BCUT2D eigenvalue weighted by molar-refractivity contribution is -0.124. The monoisotopic (exact) mass is 397 g/mol. The van der Waals surface area contributed by atoms with Crippen molar-refractivity contribution in [3.63, 3.8) is 0 Å². The number of ether oxygens (including phenoxy) is 3. The average Bonchev–Trinajstić information content (AvgIpc) is 2.74. The van der Waals surface area contributed by atoms with Gasteiger partial charge in [-0.3, -0.25) is 10.0 Å². The molecule has 6 nitrogen and oxygen atoms in total. The molecule has 0 saturated carbocycles. The zero-order valence-electron chi connectivity index (χ0n) is 17.2. The van der Waals surface area contributed by atoms with Crippen LogP contribution >= 0.6 is 0 Å². The summed E-state index contributed by atoms with van der Waals surface area (Å²) >= 11 is 0. The van der Waals surface area contributed by atoms with Crippen LogP contribution < -0.4 is 19.7 Å². The van der Waals surface area contributed by atoms with Gasteiger partial charge in [0.15, 0.2) is 0 Å². The molecule has 2 aromatic rings. The molecule has 0 spiro atoms. The predicted octanol–water partition coefficient (Wildman–Crippen LogP) is 4.31. The van der Waals surface area contributed by atoms with Crippen LogP contribution in [-0.4, -0.2) is 25.3 Å². The maximum absolute atomic E-state index is 11.4. The van der Waals surface area contributed by atoms with E-state index in [1.807, 2.05) is 50.2 Å². The lowest BCUT2D eigenvalue weighted by Gasteiger charge is -2.17. The normalized spacial score (nSPS) is 10.5. The summed E-state index contributed by atoms with van der Waals surface area (Å²) < 4.78 is 16.9. The van der Waals surface area contributed by atoms with Crippen LogP contribution in [-0.2, 0) is 17.8 Å². The molecule has 2 aromatic carbocycles. The molecule has 0 fully saturated rings. The number of methoxy groups -OCH3 is 2. The SMILES string of the molecule is COc1ccc(COc2c(/C=C/C(=O)NO)ccc(OC)c2CC=C(C)C)cc1. The largest absolute Gasteiger partial charge is 0.497 e.